The number of hydrogen-bond donors (Lipinski definition) is 7. The molecule has 14 nitrogen and oxygen atoms in total. The number of hydrogen-bond acceptors (Lipinski definition) is 12. The van der Waals surface area contributed by atoms with Crippen molar-refractivity contribution in [2.24, 2.45) is 5.73 Å². The van der Waals surface area contributed by atoms with Gasteiger partial charge in [0.05, 0.1) is 12.2 Å². The molecule has 8 atom stereocenters. The number of ether oxygens (including phenoxy) is 3. The number of nitrogens with zero attached hydrogens (tertiary/aromatic N) is 1. The molecule has 2 aromatic rings. The maximum absolute atomic E-state index is 12.6. The van der Waals surface area contributed by atoms with Crippen molar-refractivity contribution in [1.29, 1.82) is 0 Å². The maximum atomic E-state index is 12.6. The Labute approximate surface area is 259 Å². The van der Waals surface area contributed by atoms with Gasteiger partial charge in [0.15, 0.2) is 12.5 Å². The zero-order valence-corrected chi connectivity index (χ0v) is 24.2. The highest BCUT2D eigenvalue weighted by Crippen LogP contribution is 2.37. The van der Waals surface area contributed by atoms with Crippen molar-refractivity contribution in [2.75, 3.05) is 13.1 Å². The third kappa shape index (κ3) is 10.5. The zero-order valence-electron chi connectivity index (χ0n) is 23.4. The Morgan fingerprint density at radius 3 is 2.24 bits per heavy atom. The molecule has 0 amide bonds. The van der Waals surface area contributed by atoms with Crippen molar-refractivity contribution < 1.29 is 65.8 Å². The lowest BCUT2D eigenvalue weighted by atomic mass is 10.1. The van der Waals surface area contributed by atoms with E-state index in [1.54, 1.807) is 0 Å². The Hall–Kier alpha value is -3.02. The number of aromatic nitrogens is 2. The summed E-state index contributed by atoms with van der Waals surface area (Å²) in [5.74, 6) is -2.76. The van der Waals surface area contributed by atoms with E-state index in [9.17, 15) is 51.3 Å². The highest BCUT2D eigenvalue weighted by Gasteiger charge is 2.47. The van der Waals surface area contributed by atoms with E-state index in [0.29, 0.717) is 5.56 Å². The van der Waals surface area contributed by atoms with Gasteiger partial charge in [-0.05, 0) is 29.5 Å². The largest absolute Gasteiger partial charge is 0.490 e. The zero-order chi connectivity index (χ0) is 34.4. The van der Waals surface area contributed by atoms with Crippen LogP contribution in [-0.4, -0.2) is 104 Å². The van der Waals surface area contributed by atoms with Gasteiger partial charge in [-0.15, -0.1) is 0 Å². The quantitative estimate of drug-likeness (QED) is 0.129. The topological polar surface area (TPSA) is 219 Å². The van der Waals surface area contributed by atoms with Crippen LogP contribution >= 0.6 is 11.8 Å². The van der Waals surface area contributed by atoms with E-state index in [1.807, 2.05) is 0 Å². The van der Waals surface area contributed by atoms with Crippen molar-refractivity contribution in [2.45, 2.75) is 78.7 Å². The van der Waals surface area contributed by atoms with E-state index in [0.717, 1.165) is 10.6 Å². The predicted octanol–water partition coefficient (Wildman–Crippen LogP) is 0.0106. The summed E-state index contributed by atoms with van der Waals surface area (Å²) in [6, 6.07) is 6.89. The summed E-state index contributed by atoms with van der Waals surface area (Å²) >= 11 is -0.216. The van der Waals surface area contributed by atoms with E-state index in [2.05, 4.69) is 10.3 Å². The first-order valence-corrected chi connectivity index (χ1v) is 14.1. The Morgan fingerprint density at radius 2 is 1.72 bits per heavy atom. The fraction of sp³-hybridized carbons (Fsp3) is 0.560. The Morgan fingerprint density at radius 1 is 1.09 bits per heavy atom. The number of aliphatic carboxylic acids is 1. The number of carboxylic acid groups (broad SMARTS) is 1. The first kappa shape index (κ1) is 37.4. The number of halogens is 6. The third-order valence-corrected chi connectivity index (χ3v) is 7.33. The normalized spacial score (nSPS) is 27.2. The minimum absolute atomic E-state index is 0.0115. The molecule has 4 rings (SSSR count). The highest BCUT2D eigenvalue weighted by molar-refractivity contribution is 8.00. The highest BCUT2D eigenvalue weighted by atomic mass is 32.2. The molecule has 2 saturated heterocycles. The second-order valence-corrected chi connectivity index (χ2v) is 11.1. The fourth-order valence-corrected chi connectivity index (χ4v) is 4.97. The van der Waals surface area contributed by atoms with E-state index in [1.165, 1.54) is 30.5 Å². The molecule has 21 heteroatoms. The van der Waals surface area contributed by atoms with Gasteiger partial charge >= 0.3 is 23.3 Å². The molecule has 0 bridgehead atoms. The monoisotopic (exact) mass is 692 g/mol. The lowest BCUT2D eigenvalue weighted by Crippen LogP contribution is -2.44. The molecule has 0 aliphatic carbocycles. The summed E-state index contributed by atoms with van der Waals surface area (Å²) in [5.41, 5.74) is 0.469. The molecule has 1 aromatic carbocycles. The second kappa shape index (κ2) is 15.7. The van der Waals surface area contributed by atoms with Gasteiger partial charge in [-0.25, -0.2) is 9.59 Å². The van der Waals surface area contributed by atoms with Crippen LogP contribution in [0.25, 0.3) is 0 Å². The number of H-pyrrole nitrogens is 1. The van der Waals surface area contributed by atoms with Crippen LogP contribution < -0.4 is 22.3 Å². The smallest absolute Gasteiger partial charge is 0.475 e. The third-order valence-electron chi connectivity index (χ3n) is 6.59. The summed E-state index contributed by atoms with van der Waals surface area (Å²) in [6.07, 6.45) is -12.7. The van der Waals surface area contributed by atoms with Gasteiger partial charge in [-0.3, -0.25) is 14.3 Å². The Balaban J connectivity index is 0.000000738. The van der Waals surface area contributed by atoms with Crippen LogP contribution in [-0.2, 0) is 25.5 Å². The predicted molar refractivity (Wildman–Crippen MR) is 144 cm³/mol. The molecular formula is C25H30F6N4O10S. The molecule has 8 N–H and O–H groups in total. The number of alkyl halides is 6. The second-order valence-electron chi connectivity index (χ2n) is 9.95. The van der Waals surface area contributed by atoms with Crippen LogP contribution in [0.3, 0.4) is 0 Å². The summed E-state index contributed by atoms with van der Waals surface area (Å²) in [5, 5.41) is 41.4. The molecule has 3 heterocycles. The van der Waals surface area contributed by atoms with Gasteiger partial charge in [-0.1, -0.05) is 12.1 Å². The SMILES string of the molecule is NC[C@H]1O[C@@H](O[C@@H](CNCc2ccc(SC(F)(F)F)cc2)[C@@H]2C[C@@H](O)[C@H](n3ccc(=O)[nH]c3=O)O2)[C@H](O)[C@@H]1O.O=C(O)C(F)(F)F. The number of aliphatic hydroxyl groups is 3. The average Bonchev–Trinajstić information content (AvgIpc) is 3.46. The number of nitrogens with two attached hydrogens (primary N) is 1. The molecule has 258 valence electrons. The van der Waals surface area contributed by atoms with E-state index in [4.69, 9.17) is 29.8 Å². The number of aliphatic hydroxyl groups excluding tert-OH is 3. The number of nitrogens with one attached hydrogen (secondary N) is 2. The number of carbonyl (C=O) groups is 1. The van der Waals surface area contributed by atoms with E-state index in [-0.39, 0.29) is 42.7 Å². The molecule has 0 unspecified atom stereocenters. The lowest BCUT2D eigenvalue weighted by molar-refractivity contribution is -0.213. The molecule has 0 saturated carbocycles. The van der Waals surface area contributed by atoms with Crippen molar-refractivity contribution in [1.82, 2.24) is 14.9 Å². The molecule has 2 aliphatic rings. The molecule has 2 fully saturated rings. The molecule has 1 aromatic heterocycles. The van der Waals surface area contributed by atoms with Crippen LogP contribution in [0.5, 0.6) is 0 Å². The standard InChI is InChI=1S/C23H29F3N4O8S.C2HF3O2/c24-23(25,26)39-12-3-1-11(2-4-12)9-28-10-16(38-21-19(34)18(33)15(8-27)37-21)14-7-13(31)20(36-14)30-6-5-17(32)29-22(30)35;3-2(4,5)1(6)7/h1-6,13-16,18-21,28,31,33-34H,7-10,27H2,(H,29,32,35);(H,6,7)/t13-,14+,15-,16+,18-,19-,20-,21+;/m1./s1. The van der Waals surface area contributed by atoms with E-state index >= 15 is 0 Å². The van der Waals surface area contributed by atoms with Gasteiger partial charge in [-0.2, -0.15) is 26.3 Å². The van der Waals surface area contributed by atoms with Crippen molar-refractivity contribution >= 4 is 17.7 Å². The molecule has 2 aliphatic heterocycles. The minimum atomic E-state index is -5.08. The van der Waals surface area contributed by atoms with Gasteiger partial charge in [0.2, 0.25) is 0 Å². The van der Waals surface area contributed by atoms with Crippen molar-refractivity contribution in [3.63, 3.8) is 0 Å². The lowest BCUT2D eigenvalue weighted by Gasteiger charge is -2.28. The van der Waals surface area contributed by atoms with Crippen LogP contribution in [0, 0.1) is 0 Å². The van der Waals surface area contributed by atoms with Gasteiger partial charge in [0.1, 0.15) is 24.4 Å². The first-order chi connectivity index (χ1) is 21.4. The number of aromatic amines is 1. The minimum Gasteiger partial charge on any atom is -0.475 e. The molecule has 0 radical (unpaired) electrons. The summed E-state index contributed by atoms with van der Waals surface area (Å²) in [4.78, 5) is 34.7. The average molecular weight is 693 g/mol. The fourth-order valence-electron chi connectivity index (χ4n) is 4.43. The van der Waals surface area contributed by atoms with Crippen molar-refractivity contribution in [3.05, 3.63) is 62.9 Å². The van der Waals surface area contributed by atoms with Gasteiger partial charge < -0.3 is 45.7 Å². The molecular weight excluding hydrogens is 662 g/mol. The number of rotatable bonds is 10. The summed E-state index contributed by atoms with van der Waals surface area (Å²) < 4.78 is 87.9. The van der Waals surface area contributed by atoms with Crippen LogP contribution in [0.1, 0.15) is 18.2 Å². The molecule has 46 heavy (non-hydrogen) atoms. The summed E-state index contributed by atoms with van der Waals surface area (Å²) in [6.45, 7) is 0.232. The van der Waals surface area contributed by atoms with Crippen molar-refractivity contribution in [3.8, 4) is 0 Å². The summed E-state index contributed by atoms with van der Waals surface area (Å²) in [7, 11) is 0. The van der Waals surface area contributed by atoms with Gasteiger partial charge in [0.25, 0.3) is 5.56 Å². The number of carboxylic acids is 1. The van der Waals surface area contributed by atoms with Crippen LogP contribution in [0.4, 0.5) is 26.3 Å². The molecule has 0 spiro atoms. The van der Waals surface area contributed by atoms with E-state index < -0.39 is 78.0 Å². The first-order valence-electron chi connectivity index (χ1n) is 13.3. The van der Waals surface area contributed by atoms with Crippen LogP contribution in [0.2, 0.25) is 0 Å². The van der Waals surface area contributed by atoms with Gasteiger partial charge in [0, 0.05) is 43.2 Å². The van der Waals surface area contributed by atoms with Crippen LogP contribution in [0.15, 0.2) is 51.0 Å². The number of thioether (sulfide) groups is 1. The maximum Gasteiger partial charge on any atom is 0.490 e. The Kier molecular flexibility index (Phi) is 12.8. The number of benzene rings is 1. The Bertz CT molecular complexity index is 1410.